The van der Waals surface area contributed by atoms with Crippen molar-refractivity contribution in [2.45, 2.75) is 31.7 Å². The summed E-state index contributed by atoms with van der Waals surface area (Å²) < 4.78 is 39.2. The van der Waals surface area contributed by atoms with E-state index in [1.165, 1.54) is 10.9 Å². The molecule has 1 heterocycles. The molecule has 0 aliphatic heterocycles. The van der Waals surface area contributed by atoms with Gasteiger partial charge in [-0.1, -0.05) is 0 Å². The molecule has 0 saturated carbocycles. The molecule has 1 rings (SSSR count). The van der Waals surface area contributed by atoms with Crippen molar-refractivity contribution < 1.29 is 22.5 Å². The summed E-state index contributed by atoms with van der Waals surface area (Å²) in [5.74, 6) is -0.750. The normalized spacial score (nSPS) is 13.3. The molecule has 0 aliphatic rings. The van der Waals surface area contributed by atoms with Crippen LogP contribution in [0.25, 0.3) is 0 Å². The van der Waals surface area contributed by atoms with Gasteiger partial charge in [0.25, 0.3) is 0 Å². The zero-order valence-electron chi connectivity index (χ0n) is 12.1. The largest absolute Gasteiger partial charge is 0.481 e. The number of nitrogens with one attached hydrogen (secondary N) is 1. The minimum atomic E-state index is -3.75. The van der Waals surface area contributed by atoms with Crippen LogP contribution in [0.4, 0.5) is 0 Å². The molecule has 21 heavy (non-hydrogen) atoms. The summed E-state index contributed by atoms with van der Waals surface area (Å²) in [5.41, 5.74) is 0.696. The molecule has 0 aliphatic carbocycles. The SMILES string of the molecule is Cc1nn(CCC(=O)O)c(C)c1S(=O)(=O)NCCS(C)=O. The van der Waals surface area contributed by atoms with Crippen molar-refractivity contribution in [3.8, 4) is 0 Å². The van der Waals surface area contributed by atoms with Gasteiger partial charge < -0.3 is 5.11 Å². The van der Waals surface area contributed by atoms with Crippen molar-refractivity contribution in [2.75, 3.05) is 18.6 Å². The Morgan fingerprint density at radius 1 is 1.43 bits per heavy atom. The van der Waals surface area contributed by atoms with Gasteiger partial charge in [-0.25, -0.2) is 13.1 Å². The van der Waals surface area contributed by atoms with Crippen LogP contribution in [0.5, 0.6) is 0 Å². The van der Waals surface area contributed by atoms with E-state index in [0.717, 1.165) is 0 Å². The first kappa shape index (κ1) is 17.8. The highest BCUT2D eigenvalue weighted by Gasteiger charge is 2.24. The first-order valence-corrected chi connectivity index (χ1v) is 9.41. The number of aryl methyl sites for hydroxylation is 2. The van der Waals surface area contributed by atoms with Gasteiger partial charge >= 0.3 is 5.97 Å². The van der Waals surface area contributed by atoms with Gasteiger partial charge in [0.1, 0.15) is 4.90 Å². The van der Waals surface area contributed by atoms with Crippen LogP contribution in [0.2, 0.25) is 0 Å². The Bertz CT molecular complexity index is 651. The first-order chi connectivity index (χ1) is 9.65. The smallest absolute Gasteiger partial charge is 0.305 e. The topological polar surface area (TPSA) is 118 Å². The number of hydrogen-bond donors (Lipinski definition) is 2. The van der Waals surface area contributed by atoms with Gasteiger partial charge in [0.2, 0.25) is 10.0 Å². The molecule has 0 spiro atoms. The van der Waals surface area contributed by atoms with E-state index < -0.39 is 26.8 Å². The lowest BCUT2D eigenvalue weighted by molar-refractivity contribution is -0.137. The summed E-state index contributed by atoms with van der Waals surface area (Å²) >= 11 is 0. The Labute approximate surface area is 126 Å². The number of aromatic nitrogens is 2. The molecule has 0 saturated heterocycles. The maximum absolute atomic E-state index is 12.2. The monoisotopic (exact) mass is 337 g/mol. The highest BCUT2D eigenvalue weighted by atomic mass is 32.2. The second kappa shape index (κ2) is 7.14. The number of hydrogen-bond acceptors (Lipinski definition) is 5. The average molecular weight is 337 g/mol. The molecule has 8 nitrogen and oxygen atoms in total. The van der Waals surface area contributed by atoms with E-state index >= 15 is 0 Å². The second-order valence-electron chi connectivity index (χ2n) is 4.54. The molecule has 0 amide bonds. The number of aliphatic carboxylic acids is 1. The molecule has 2 N–H and O–H groups in total. The van der Waals surface area contributed by atoms with Crippen LogP contribution in [0, 0.1) is 13.8 Å². The number of nitrogens with zero attached hydrogens (tertiary/aromatic N) is 2. The Morgan fingerprint density at radius 3 is 2.57 bits per heavy atom. The van der Waals surface area contributed by atoms with Crippen LogP contribution >= 0.6 is 0 Å². The fraction of sp³-hybridized carbons (Fsp3) is 0.636. The van der Waals surface area contributed by atoms with Crippen LogP contribution in [-0.2, 0) is 32.2 Å². The maximum Gasteiger partial charge on any atom is 0.305 e. The summed E-state index contributed by atoms with van der Waals surface area (Å²) in [6.07, 6.45) is 1.36. The lowest BCUT2D eigenvalue weighted by atomic mass is 10.4. The second-order valence-corrected chi connectivity index (χ2v) is 7.80. The molecule has 120 valence electrons. The van der Waals surface area contributed by atoms with Gasteiger partial charge in [0.05, 0.1) is 24.4 Å². The fourth-order valence-corrected chi connectivity index (χ4v) is 3.84. The predicted octanol–water partition coefficient (Wildman–Crippen LogP) is -0.369. The molecular weight excluding hydrogens is 318 g/mol. The first-order valence-electron chi connectivity index (χ1n) is 6.20. The standard InChI is InChI=1S/C11H19N3O5S2/c1-8-11(21(18,19)12-5-7-20(3)17)9(2)14(13-8)6-4-10(15)16/h12H,4-7H2,1-3H3,(H,15,16). The Hall–Kier alpha value is -1.26. The lowest BCUT2D eigenvalue weighted by Gasteiger charge is -2.07. The molecule has 10 heteroatoms. The third kappa shape index (κ3) is 4.90. The Morgan fingerprint density at radius 2 is 2.05 bits per heavy atom. The van der Waals surface area contributed by atoms with E-state index in [-0.39, 0.29) is 30.2 Å². The molecule has 0 bridgehead atoms. The molecule has 1 aromatic heterocycles. The van der Waals surface area contributed by atoms with E-state index in [2.05, 4.69) is 9.82 Å². The average Bonchev–Trinajstić information content (AvgIpc) is 2.61. The number of carboxylic acids is 1. The van der Waals surface area contributed by atoms with E-state index in [4.69, 9.17) is 5.11 Å². The third-order valence-corrected chi connectivity index (χ3v) is 5.29. The van der Waals surface area contributed by atoms with Gasteiger partial charge in [-0.2, -0.15) is 5.10 Å². The minimum absolute atomic E-state index is 0.0507. The van der Waals surface area contributed by atoms with Crippen LogP contribution in [0.15, 0.2) is 4.90 Å². The highest BCUT2D eigenvalue weighted by Crippen LogP contribution is 2.19. The van der Waals surface area contributed by atoms with Crippen LogP contribution < -0.4 is 4.72 Å². The van der Waals surface area contributed by atoms with Crippen molar-refractivity contribution in [2.24, 2.45) is 0 Å². The molecule has 1 unspecified atom stereocenters. The van der Waals surface area contributed by atoms with E-state index in [0.29, 0.717) is 11.4 Å². The molecular formula is C11H19N3O5S2. The van der Waals surface area contributed by atoms with E-state index in [1.807, 2.05) is 0 Å². The Kier molecular flexibility index (Phi) is 6.05. The number of sulfonamides is 1. The van der Waals surface area contributed by atoms with Gasteiger partial charge in [0, 0.05) is 29.4 Å². The Balaban J connectivity index is 2.96. The summed E-state index contributed by atoms with van der Waals surface area (Å²) in [7, 11) is -4.83. The molecule has 1 aromatic rings. The zero-order chi connectivity index (χ0) is 16.2. The maximum atomic E-state index is 12.2. The summed E-state index contributed by atoms with van der Waals surface area (Å²) in [4.78, 5) is 10.6. The number of rotatable bonds is 8. The fourth-order valence-electron chi connectivity index (χ4n) is 1.88. The van der Waals surface area contributed by atoms with E-state index in [1.54, 1.807) is 13.8 Å². The summed E-state index contributed by atoms with van der Waals surface area (Å²) in [6.45, 7) is 3.31. The van der Waals surface area contributed by atoms with E-state index in [9.17, 15) is 17.4 Å². The van der Waals surface area contributed by atoms with Crippen molar-refractivity contribution in [3.63, 3.8) is 0 Å². The third-order valence-electron chi connectivity index (χ3n) is 2.80. The molecule has 0 fully saturated rings. The van der Waals surface area contributed by atoms with Gasteiger partial charge in [-0.05, 0) is 13.8 Å². The highest BCUT2D eigenvalue weighted by molar-refractivity contribution is 7.89. The minimum Gasteiger partial charge on any atom is -0.481 e. The van der Waals surface area contributed by atoms with Crippen molar-refractivity contribution in [1.29, 1.82) is 0 Å². The summed E-state index contributed by atoms with van der Waals surface area (Å²) in [5, 5.41) is 12.7. The lowest BCUT2D eigenvalue weighted by Crippen LogP contribution is -2.28. The molecule has 1 atom stereocenters. The molecule has 0 radical (unpaired) electrons. The summed E-state index contributed by atoms with van der Waals surface area (Å²) in [6, 6.07) is 0. The quantitative estimate of drug-likeness (QED) is 0.668. The van der Waals surface area contributed by atoms with Crippen LogP contribution in [0.1, 0.15) is 17.8 Å². The van der Waals surface area contributed by atoms with Gasteiger partial charge in [-0.15, -0.1) is 0 Å². The van der Waals surface area contributed by atoms with Crippen molar-refractivity contribution in [1.82, 2.24) is 14.5 Å². The number of carboxylic acid groups (broad SMARTS) is 1. The predicted molar refractivity (Wildman–Crippen MR) is 78.1 cm³/mol. The number of carbonyl (C=O) groups is 1. The zero-order valence-corrected chi connectivity index (χ0v) is 13.8. The van der Waals surface area contributed by atoms with Crippen molar-refractivity contribution in [3.05, 3.63) is 11.4 Å². The van der Waals surface area contributed by atoms with Crippen LogP contribution in [-0.4, -0.2) is 52.0 Å². The molecule has 0 aromatic carbocycles. The van der Waals surface area contributed by atoms with Gasteiger partial charge in [0.15, 0.2) is 0 Å². The van der Waals surface area contributed by atoms with Gasteiger partial charge in [-0.3, -0.25) is 13.7 Å². The van der Waals surface area contributed by atoms with Crippen molar-refractivity contribution >= 4 is 26.8 Å². The van der Waals surface area contributed by atoms with Crippen LogP contribution in [0.3, 0.4) is 0 Å².